The number of nitrogens with zero attached hydrogens (tertiary/aromatic N) is 2. The van der Waals surface area contributed by atoms with Gasteiger partial charge in [-0.15, -0.1) is 11.3 Å². The molecule has 4 heterocycles. The summed E-state index contributed by atoms with van der Waals surface area (Å²) in [5.74, 6) is -1.83. The minimum atomic E-state index is -1.30. The molecule has 1 fully saturated rings. The minimum absolute atomic E-state index is 0.0799. The number of anilines is 2. The van der Waals surface area contributed by atoms with Gasteiger partial charge in [-0.05, 0) is 6.07 Å². The van der Waals surface area contributed by atoms with Crippen molar-refractivity contribution >= 4 is 44.4 Å². The third-order valence-corrected chi connectivity index (χ3v) is 5.92. The van der Waals surface area contributed by atoms with Gasteiger partial charge in [0.25, 0.3) is 0 Å². The van der Waals surface area contributed by atoms with Crippen molar-refractivity contribution < 1.29 is 19.0 Å². The lowest BCUT2D eigenvalue weighted by atomic mass is 10.1. The largest absolute Gasteiger partial charge is 0.477 e. The van der Waals surface area contributed by atoms with Crippen LogP contribution in [-0.2, 0) is 11.3 Å². The molecule has 3 aromatic rings. The number of morpholine rings is 1. The van der Waals surface area contributed by atoms with Crippen molar-refractivity contribution in [3.05, 3.63) is 38.7 Å². The maximum absolute atomic E-state index is 15.0. The molecule has 9 heteroatoms. The summed E-state index contributed by atoms with van der Waals surface area (Å²) >= 11 is 1.22. The second-order valence-electron chi connectivity index (χ2n) is 6.31. The molecule has 0 aliphatic carbocycles. The maximum atomic E-state index is 15.0. The summed E-state index contributed by atoms with van der Waals surface area (Å²) in [6.07, 6.45) is 0. The van der Waals surface area contributed by atoms with E-state index in [4.69, 9.17) is 4.74 Å². The third kappa shape index (κ3) is 1.95. The first-order valence-electron chi connectivity index (χ1n) is 8.19. The first-order valence-corrected chi connectivity index (χ1v) is 9.07. The summed E-state index contributed by atoms with van der Waals surface area (Å²) in [5, 5.41) is 14.6. The quantitative estimate of drug-likeness (QED) is 0.714. The van der Waals surface area contributed by atoms with Crippen molar-refractivity contribution in [3.8, 4) is 0 Å². The number of carbonyl (C=O) groups is 1. The van der Waals surface area contributed by atoms with Crippen LogP contribution in [0.25, 0.3) is 15.7 Å². The van der Waals surface area contributed by atoms with Crippen molar-refractivity contribution in [2.75, 3.05) is 36.5 Å². The summed E-state index contributed by atoms with van der Waals surface area (Å²) in [4.78, 5) is 26.7. The number of aromatic carboxylic acids is 1. The van der Waals surface area contributed by atoms with Crippen LogP contribution in [0.5, 0.6) is 0 Å². The van der Waals surface area contributed by atoms with Crippen LogP contribution in [0.2, 0.25) is 0 Å². The summed E-state index contributed by atoms with van der Waals surface area (Å²) in [6.45, 7) is 2.56. The molecule has 0 bridgehead atoms. The average molecular weight is 375 g/mol. The van der Waals surface area contributed by atoms with Gasteiger partial charge >= 0.3 is 5.97 Å². The Hall–Kier alpha value is -2.65. The Morgan fingerprint density at radius 3 is 2.85 bits per heavy atom. The molecule has 2 aliphatic rings. The normalized spacial score (nSPS) is 16.4. The Morgan fingerprint density at radius 1 is 1.35 bits per heavy atom. The Morgan fingerprint density at radius 2 is 2.12 bits per heavy atom. The topological polar surface area (TPSA) is 83.3 Å². The first kappa shape index (κ1) is 15.6. The van der Waals surface area contributed by atoms with Gasteiger partial charge in [-0.2, -0.15) is 0 Å². The van der Waals surface area contributed by atoms with Gasteiger partial charge in [-0.25, -0.2) is 9.18 Å². The third-order valence-electron chi connectivity index (χ3n) is 4.92. The van der Waals surface area contributed by atoms with Crippen LogP contribution in [0.15, 0.2) is 16.2 Å². The lowest BCUT2D eigenvalue weighted by Crippen LogP contribution is -2.37. The Kier molecular flexibility index (Phi) is 3.25. The highest BCUT2D eigenvalue weighted by atomic mass is 32.1. The molecule has 2 aromatic heterocycles. The summed E-state index contributed by atoms with van der Waals surface area (Å²) in [6, 6.07) is 1.17. The summed E-state index contributed by atoms with van der Waals surface area (Å²) in [7, 11) is 0. The fraction of sp³-hybridized carbons (Fsp3) is 0.294. The fourth-order valence-electron chi connectivity index (χ4n) is 3.79. The van der Waals surface area contributed by atoms with Gasteiger partial charge in [-0.3, -0.25) is 9.20 Å². The van der Waals surface area contributed by atoms with Gasteiger partial charge in [0.2, 0.25) is 5.43 Å². The number of carboxylic acid groups (broad SMARTS) is 1. The fourth-order valence-corrected chi connectivity index (χ4v) is 4.84. The van der Waals surface area contributed by atoms with Crippen LogP contribution < -0.4 is 15.6 Å². The molecular weight excluding hydrogens is 361 g/mol. The highest BCUT2D eigenvalue weighted by molar-refractivity contribution is 7.16. The van der Waals surface area contributed by atoms with Gasteiger partial charge in [0.05, 0.1) is 47.7 Å². The Labute approximate surface area is 150 Å². The Balaban J connectivity index is 1.94. The van der Waals surface area contributed by atoms with E-state index in [2.05, 4.69) is 5.32 Å². The summed E-state index contributed by atoms with van der Waals surface area (Å²) < 4.78 is 22.1. The van der Waals surface area contributed by atoms with Gasteiger partial charge in [0.1, 0.15) is 16.2 Å². The molecule has 2 N–H and O–H groups in total. The van der Waals surface area contributed by atoms with E-state index in [1.165, 1.54) is 17.4 Å². The van der Waals surface area contributed by atoms with E-state index in [9.17, 15) is 19.1 Å². The van der Waals surface area contributed by atoms with E-state index in [1.54, 1.807) is 4.40 Å². The molecule has 1 aromatic carbocycles. The van der Waals surface area contributed by atoms with Gasteiger partial charge in [-0.1, -0.05) is 0 Å². The number of hydrogen-bond acceptors (Lipinski definition) is 6. The van der Waals surface area contributed by atoms with Crippen LogP contribution >= 0.6 is 11.3 Å². The van der Waals surface area contributed by atoms with Gasteiger partial charge < -0.3 is 20.1 Å². The number of pyridine rings is 1. The standard InChI is InChI=1S/C17H14FN3O4S/c18-10-5-9-13-12(14(10)20-1-3-25-4-2-20)19-6-8-7-26-16(21(8)13)11(15(9)22)17(23)24/h5,7,19H,1-4,6H2,(H,23,24). The molecule has 0 amide bonds. The molecule has 1 saturated heterocycles. The number of carboxylic acids is 1. The number of hydrogen-bond donors (Lipinski definition) is 2. The van der Waals surface area contributed by atoms with Crippen molar-refractivity contribution in [1.82, 2.24) is 4.40 Å². The predicted molar refractivity (Wildman–Crippen MR) is 96.3 cm³/mol. The second-order valence-corrected chi connectivity index (χ2v) is 7.17. The highest BCUT2D eigenvalue weighted by Gasteiger charge is 2.30. The van der Waals surface area contributed by atoms with E-state index >= 15 is 0 Å². The predicted octanol–water partition coefficient (Wildman–Crippen LogP) is 2.11. The molecule has 0 saturated carbocycles. The lowest BCUT2D eigenvalue weighted by Gasteiger charge is -2.32. The highest BCUT2D eigenvalue weighted by Crippen LogP contribution is 2.41. The minimum Gasteiger partial charge on any atom is -0.477 e. The molecule has 0 spiro atoms. The van der Waals surface area contributed by atoms with E-state index in [1.807, 2.05) is 10.3 Å². The molecule has 7 nitrogen and oxygen atoms in total. The zero-order valence-electron chi connectivity index (χ0n) is 13.5. The smallest absolute Gasteiger partial charge is 0.342 e. The number of rotatable bonds is 2. The lowest BCUT2D eigenvalue weighted by molar-refractivity contribution is 0.0697. The Bertz CT molecular complexity index is 1150. The van der Waals surface area contributed by atoms with Crippen LogP contribution in [-0.4, -0.2) is 41.8 Å². The van der Waals surface area contributed by atoms with E-state index in [-0.39, 0.29) is 10.9 Å². The summed E-state index contributed by atoms with van der Waals surface area (Å²) in [5.41, 5.74) is 1.38. The van der Waals surface area contributed by atoms with E-state index in [0.717, 1.165) is 5.69 Å². The number of aromatic nitrogens is 1. The van der Waals surface area contributed by atoms with E-state index in [0.29, 0.717) is 54.6 Å². The molecule has 134 valence electrons. The molecule has 2 aliphatic heterocycles. The van der Waals surface area contributed by atoms with Crippen LogP contribution in [0.3, 0.4) is 0 Å². The van der Waals surface area contributed by atoms with Crippen LogP contribution in [0.4, 0.5) is 15.8 Å². The number of thiazole rings is 1. The van der Waals surface area contributed by atoms with Crippen molar-refractivity contribution in [3.63, 3.8) is 0 Å². The second kappa shape index (κ2) is 5.42. The molecule has 5 rings (SSSR count). The maximum Gasteiger partial charge on any atom is 0.342 e. The molecular formula is C17H14FN3O4S. The monoisotopic (exact) mass is 375 g/mol. The number of ether oxygens (including phenoxy) is 1. The SMILES string of the molecule is O=C(O)c1c(=O)c2cc(F)c(N3CCOCC3)c3c2n2c(csc12)CN3. The molecule has 0 atom stereocenters. The molecule has 26 heavy (non-hydrogen) atoms. The van der Waals surface area contributed by atoms with Gasteiger partial charge in [0, 0.05) is 18.5 Å². The van der Waals surface area contributed by atoms with Crippen molar-refractivity contribution in [2.45, 2.75) is 6.54 Å². The zero-order valence-corrected chi connectivity index (χ0v) is 14.4. The van der Waals surface area contributed by atoms with Gasteiger partial charge in [0.15, 0.2) is 0 Å². The number of nitrogens with one attached hydrogen (secondary N) is 1. The van der Waals surface area contributed by atoms with E-state index < -0.39 is 17.2 Å². The van der Waals surface area contributed by atoms with Crippen molar-refractivity contribution in [2.24, 2.45) is 0 Å². The zero-order chi connectivity index (χ0) is 18.0. The molecule has 0 unspecified atom stereocenters. The number of benzene rings is 1. The van der Waals surface area contributed by atoms with Crippen LogP contribution in [0.1, 0.15) is 16.1 Å². The first-order chi connectivity index (χ1) is 12.6. The number of halogens is 1. The molecule has 0 radical (unpaired) electrons. The van der Waals surface area contributed by atoms with Crippen molar-refractivity contribution in [1.29, 1.82) is 0 Å². The average Bonchev–Trinajstić information content (AvgIpc) is 3.05. The van der Waals surface area contributed by atoms with Crippen LogP contribution in [0, 0.1) is 5.82 Å².